The zero-order valence-corrected chi connectivity index (χ0v) is 16.4. The zero-order valence-electron chi connectivity index (χ0n) is 15.4. The first-order chi connectivity index (χ1) is 9.07. The summed E-state index contributed by atoms with van der Waals surface area (Å²) in [6.07, 6.45) is 2.27. The van der Waals surface area contributed by atoms with E-state index in [1.807, 2.05) is 0 Å². The van der Waals surface area contributed by atoms with Gasteiger partial charge >= 0.3 is 18.9 Å². The Morgan fingerprint density at radius 1 is 0.952 bits per heavy atom. The van der Waals surface area contributed by atoms with Gasteiger partial charge in [-0.25, -0.2) is 0 Å². The van der Waals surface area contributed by atoms with Crippen molar-refractivity contribution in [1.29, 1.82) is 0 Å². The second-order valence-electron chi connectivity index (χ2n) is 7.55. The molecule has 0 N–H and O–H groups in total. The van der Waals surface area contributed by atoms with Gasteiger partial charge in [-0.2, -0.15) is 20.8 Å². The molecule has 0 unspecified atom stereocenters. The van der Waals surface area contributed by atoms with E-state index in [1.165, 1.54) is 16.8 Å². The maximum atomic E-state index is 2.53. The van der Waals surface area contributed by atoms with Gasteiger partial charge in [-0.1, -0.05) is 52.1 Å². The average molecular weight is 295 g/mol. The van der Waals surface area contributed by atoms with Gasteiger partial charge in [0.1, 0.15) is 0 Å². The fourth-order valence-electron chi connectivity index (χ4n) is 1.93. The quantitative estimate of drug-likeness (QED) is 0.563. The van der Waals surface area contributed by atoms with Crippen molar-refractivity contribution in [2.75, 3.05) is 0 Å². The van der Waals surface area contributed by atoms with Crippen molar-refractivity contribution in [2.24, 2.45) is 0 Å². The Morgan fingerprint density at radius 3 is 1.90 bits per heavy atom. The van der Waals surface area contributed by atoms with Gasteiger partial charge in [-0.3, -0.25) is 0 Å². The van der Waals surface area contributed by atoms with Crippen molar-refractivity contribution < 1.29 is 18.9 Å². The predicted octanol–water partition coefficient (Wildman–Crippen LogP) is 3.12. The molecular weight excluding hydrogens is 265 g/mol. The molecule has 0 fully saturated rings. The summed E-state index contributed by atoms with van der Waals surface area (Å²) in [5.41, 5.74) is 1.38. The molecule has 2 aromatic rings. The summed E-state index contributed by atoms with van der Waals surface area (Å²) in [7, 11) is -1.48. The number of fused-ring (bicyclic) bond motifs is 1. The summed E-state index contributed by atoms with van der Waals surface area (Å²) in [5, 5.41) is 1.72. The summed E-state index contributed by atoms with van der Waals surface area (Å²) in [5.74, 6) is 1.42. The van der Waals surface area contributed by atoms with Crippen LogP contribution in [0.25, 0.3) is 10.9 Å². The molecule has 1 aromatic heterocycles. The third-order valence-corrected chi connectivity index (χ3v) is 9.30. The fourth-order valence-corrected chi connectivity index (χ4v) is 3.91. The van der Waals surface area contributed by atoms with Crippen LogP contribution < -0.4 is 18.9 Å². The average Bonchev–Trinajstić information content (AvgIpc) is 2.70. The van der Waals surface area contributed by atoms with E-state index in [0.29, 0.717) is 5.04 Å². The second kappa shape index (κ2) is 7.72. The standard InChI is InChI=1S/C14H21NSi.C4H9.Li/c1-14(2,3)16(4,5)15-11-10-12-8-6-7-9-13(12)15;1-4(2)3;/h6-11H,1-5H3;1-3H3;/q;-1;+1. The largest absolute Gasteiger partial charge is 1.00 e. The van der Waals surface area contributed by atoms with Crippen LogP contribution >= 0.6 is 0 Å². The molecule has 0 aliphatic rings. The van der Waals surface area contributed by atoms with Gasteiger partial charge in [0.05, 0.1) is 0 Å². The van der Waals surface area contributed by atoms with Crippen LogP contribution in [0.2, 0.25) is 18.1 Å². The van der Waals surface area contributed by atoms with Crippen molar-refractivity contribution in [2.45, 2.75) is 59.7 Å². The van der Waals surface area contributed by atoms with Gasteiger partial charge in [0, 0.05) is 5.52 Å². The number of rotatable bonds is 1. The van der Waals surface area contributed by atoms with E-state index in [0.717, 1.165) is 0 Å². The van der Waals surface area contributed by atoms with E-state index in [9.17, 15) is 0 Å². The van der Waals surface area contributed by atoms with Gasteiger partial charge in [0.25, 0.3) is 0 Å². The van der Waals surface area contributed by atoms with Crippen molar-refractivity contribution in [3.8, 4) is 0 Å². The number of aromatic nitrogens is 1. The molecule has 1 aromatic carbocycles. The molecular formula is C18H30LiNSi. The topological polar surface area (TPSA) is 4.93 Å². The maximum absolute atomic E-state index is 2.53. The predicted molar refractivity (Wildman–Crippen MR) is 94.8 cm³/mol. The van der Waals surface area contributed by atoms with E-state index in [1.54, 1.807) is 0 Å². The molecule has 112 valence electrons. The first-order valence-electron chi connectivity index (χ1n) is 7.40. The van der Waals surface area contributed by atoms with E-state index in [4.69, 9.17) is 0 Å². The van der Waals surface area contributed by atoms with Crippen LogP contribution in [0.1, 0.15) is 41.5 Å². The molecule has 0 radical (unpaired) electrons. The van der Waals surface area contributed by atoms with Crippen LogP contribution in [0, 0.1) is 5.92 Å². The molecule has 0 atom stereocenters. The molecule has 1 heterocycles. The van der Waals surface area contributed by atoms with Crippen LogP contribution in [0.3, 0.4) is 0 Å². The van der Waals surface area contributed by atoms with Crippen molar-refractivity contribution in [3.63, 3.8) is 0 Å². The summed E-state index contributed by atoms with van der Waals surface area (Å²) < 4.78 is 2.53. The SMILES string of the molecule is CC(C)(C)[Si](C)(C)n1ccc2ccccc21.C[C-](C)C.[Li+]. The summed E-state index contributed by atoms with van der Waals surface area (Å²) >= 11 is 0. The summed E-state index contributed by atoms with van der Waals surface area (Å²) in [6.45, 7) is 18.2. The van der Waals surface area contributed by atoms with E-state index in [2.05, 4.69) is 95.4 Å². The maximum Gasteiger partial charge on any atom is 1.00 e. The van der Waals surface area contributed by atoms with E-state index in [-0.39, 0.29) is 18.9 Å². The molecule has 2 rings (SSSR count). The number of hydrogen-bond acceptors (Lipinski definition) is 0. The minimum absolute atomic E-state index is 0. The third-order valence-electron chi connectivity index (χ3n) is 4.04. The van der Waals surface area contributed by atoms with Crippen LogP contribution in [0.5, 0.6) is 0 Å². The molecule has 0 aliphatic heterocycles. The van der Waals surface area contributed by atoms with Crippen LogP contribution in [0.15, 0.2) is 36.5 Å². The Morgan fingerprint density at radius 2 is 1.43 bits per heavy atom. The third kappa shape index (κ3) is 5.06. The minimum atomic E-state index is -1.48. The number of nitrogens with zero attached hydrogens (tertiary/aromatic N) is 1. The number of para-hydroxylation sites is 1. The van der Waals surface area contributed by atoms with Gasteiger partial charge in [0.2, 0.25) is 0 Å². The molecule has 0 saturated carbocycles. The molecule has 0 saturated heterocycles. The molecule has 0 bridgehead atoms. The van der Waals surface area contributed by atoms with Gasteiger partial charge in [-0.05, 0) is 28.8 Å². The Labute approximate surface area is 144 Å². The van der Waals surface area contributed by atoms with Crippen LogP contribution in [-0.4, -0.2) is 12.5 Å². The van der Waals surface area contributed by atoms with Crippen molar-refractivity contribution in [1.82, 2.24) is 4.23 Å². The normalized spacial score (nSPS) is 11.9. The van der Waals surface area contributed by atoms with Crippen molar-refractivity contribution in [3.05, 3.63) is 42.4 Å². The summed E-state index contributed by atoms with van der Waals surface area (Å²) in [4.78, 5) is 0. The Hall–Kier alpha value is -0.426. The molecule has 0 amide bonds. The smallest absolute Gasteiger partial charge is 0.374 e. The molecule has 3 heteroatoms. The molecule has 0 spiro atoms. The Kier molecular flexibility index (Phi) is 7.56. The minimum Gasteiger partial charge on any atom is -0.374 e. The molecule has 21 heavy (non-hydrogen) atoms. The molecule has 1 nitrogen and oxygen atoms in total. The van der Waals surface area contributed by atoms with Crippen molar-refractivity contribution >= 4 is 19.1 Å². The fraction of sp³-hybridized carbons (Fsp3) is 0.500. The number of benzene rings is 1. The van der Waals surface area contributed by atoms with E-state index < -0.39 is 8.24 Å². The second-order valence-corrected chi connectivity index (χ2v) is 12.7. The monoisotopic (exact) mass is 295 g/mol. The summed E-state index contributed by atoms with van der Waals surface area (Å²) in [6, 6.07) is 10.9. The van der Waals surface area contributed by atoms with Gasteiger partial charge < -0.3 is 10.2 Å². The van der Waals surface area contributed by atoms with Gasteiger partial charge in [0.15, 0.2) is 8.24 Å². The van der Waals surface area contributed by atoms with Gasteiger partial charge in [-0.15, -0.1) is 0 Å². The first-order valence-corrected chi connectivity index (χ1v) is 10.4. The Balaban J connectivity index is 0.000000715. The van der Waals surface area contributed by atoms with Crippen LogP contribution in [-0.2, 0) is 0 Å². The molecule has 0 aliphatic carbocycles. The van der Waals surface area contributed by atoms with Crippen LogP contribution in [0.4, 0.5) is 0 Å². The van der Waals surface area contributed by atoms with E-state index >= 15 is 0 Å². The zero-order chi connectivity index (χ0) is 15.6. The number of hydrogen-bond donors (Lipinski definition) is 0. The Bertz CT molecular complexity index is 547. The first kappa shape index (κ1) is 20.6.